The molecule has 0 unspecified atom stereocenters. The minimum Gasteiger partial charge on any atom is -0.317 e. The second-order valence-corrected chi connectivity index (χ2v) is 5.36. The molecule has 2 nitrogen and oxygen atoms in total. The summed E-state index contributed by atoms with van der Waals surface area (Å²) in [6.07, 6.45) is 2.51. The quantitative estimate of drug-likeness (QED) is 0.859. The van der Waals surface area contributed by atoms with Crippen LogP contribution in [0.15, 0.2) is 30.3 Å². The van der Waals surface area contributed by atoms with E-state index in [4.69, 9.17) is 0 Å². The Labute approximate surface area is 111 Å². The fourth-order valence-corrected chi connectivity index (χ4v) is 3.11. The van der Waals surface area contributed by atoms with Crippen molar-refractivity contribution in [2.45, 2.75) is 32.1 Å². The third kappa shape index (κ3) is 2.93. The molecule has 1 aliphatic rings. The van der Waals surface area contributed by atoms with Crippen molar-refractivity contribution in [3.8, 4) is 0 Å². The number of nitrogens with zero attached hydrogens (tertiary/aromatic N) is 1. The van der Waals surface area contributed by atoms with Gasteiger partial charge in [0.25, 0.3) is 0 Å². The molecule has 2 rings (SSSR count). The second-order valence-electron chi connectivity index (χ2n) is 5.36. The highest BCUT2D eigenvalue weighted by atomic mass is 15.1. The Kier molecular flexibility index (Phi) is 4.79. The highest BCUT2D eigenvalue weighted by molar-refractivity contribution is 5.27. The highest BCUT2D eigenvalue weighted by Gasteiger charge is 2.34. The summed E-state index contributed by atoms with van der Waals surface area (Å²) in [5.41, 5.74) is 1.89. The van der Waals surface area contributed by atoms with Crippen LogP contribution in [0.1, 0.15) is 32.3 Å². The molecule has 2 heteroatoms. The lowest BCUT2D eigenvalue weighted by Crippen LogP contribution is -2.47. The predicted molar refractivity (Wildman–Crippen MR) is 78.0 cm³/mol. The molecule has 0 aromatic heterocycles. The van der Waals surface area contributed by atoms with Crippen molar-refractivity contribution in [2.75, 3.05) is 32.7 Å². The zero-order chi connectivity index (χ0) is 12.8. The first-order valence-corrected chi connectivity index (χ1v) is 7.29. The molecular weight excluding hydrogens is 220 g/mol. The average Bonchev–Trinajstić information content (AvgIpc) is 2.47. The standard InChI is InChI=1S/C16H26N2/c1-3-18(4-2)14-16(10-12-17-13-11-16)15-8-6-5-7-9-15/h5-9,17H,3-4,10-14H2,1-2H3. The molecule has 0 radical (unpaired) electrons. The van der Waals surface area contributed by atoms with Crippen LogP contribution in [0.2, 0.25) is 0 Å². The Morgan fingerprint density at radius 1 is 1.06 bits per heavy atom. The Balaban J connectivity index is 2.23. The van der Waals surface area contributed by atoms with Gasteiger partial charge in [0, 0.05) is 12.0 Å². The Morgan fingerprint density at radius 2 is 1.67 bits per heavy atom. The van der Waals surface area contributed by atoms with Crippen molar-refractivity contribution >= 4 is 0 Å². The number of piperidine rings is 1. The van der Waals surface area contributed by atoms with Gasteiger partial charge in [-0.05, 0) is 44.6 Å². The summed E-state index contributed by atoms with van der Waals surface area (Å²) in [6.45, 7) is 10.3. The molecule has 1 fully saturated rings. The monoisotopic (exact) mass is 246 g/mol. The van der Waals surface area contributed by atoms with Gasteiger partial charge in [0.15, 0.2) is 0 Å². The molecular formula is C16H26N2. The van der Waals surface area contributed by atoms with E-state index in [9.17, 15) is 0 Å². The molecule has 0 spiro atoms. The summed E-state index contributed by atoms with van der Waals surface area (Å²) in [6, 6.07) is 11.1. The first kappa shape index (κ1) is 13.6. The molecule has 0 amide bonds. The van der Waals surface area contributed by atoms with Crippen LogP contribution in [-0.4, -0.2) is 37.6 Å². The smallest absolute Gasteiger partial charge is 0.0104 e. The van der Waals surface area contributed by atoms with Crippen LogP contribution in [0.4, 0.5) is 0 Å². The molecule has 0 aliphatic carbocycles. The first-order valence-electron chi connectivity index (χ1n) is 7.29. The summed E-state index contributed by atoms with van der Waals surface area (Å²) in [5.74, 6) is 0. The normalized spacial score (nSPS) is 19.1. The van der Waals surface area contributed by atoms with Gasteiger partial charge >= 0.3 is 0 Å². The molecule has 1 heterocycles. The van der Waals surface area contributed by atoms with E-state index in [1.807, 2.05) is 0 Å². The second kappa shape index (κ2) is 6.35. The van der Waals surface area contributed by atoms with Crippen LogP contribution >= 0.6 is 0 Å². The molecule has 1 aromatic carbocycles. The Morgan fingerprint density at radius 3 is 2.22 bits per heavy atom. The largest absolute Gasteiger partial charge is 0.317 e. The molecule has 1 aliphatic heterocycles. The number of nitrogens with one attached hydrogen (secondary N) is 1. The number of hydrogen-bond donors (Lipinski definition) is 1. The lowest BCUT2D eigenvalue weighted by Gasteiger charge is -2.41. The SMILES string of the molecule is CCN(CC)CC1(c2ccccc2)CCNCC1. The van der Waals surface area contributed by atoms with Crippen molar-refractivity contribution in [1.82, 2.24) is 10.2 Å². The Hall–Kier alpha value is -0.860. The van der Waals surface area contributed by atoms with Crippen LogP contribution in [0.5, 0.6) is 0 Å². The van der Waals surface area contributed by atoms with Gasteiger partial charge in [0.2, 0.25) is 0 Å². The van der Waals surface area contributed by atoms with E-state index in [2.05, 4.69) is 54.4 Å². The summed E-state index contributed by atoms with van der Waals surface area (Å²) in [7, 11) is 0. The average molecular weight is 246 g/mol. The minimum absolute atomic E-state index is 0.360. The molecule has 0 atom stereocenters. The van der Waals surface area contributed by atoms with Gasteiger partial charge in [-0.1, -0.05) is 44.2 Å². The van der Waals surface area contributed by atoms with Crippen LogP contribution in [-0.2, 0) is 5.41 Å². The van der Waals surface area contributed by atoms with Crippen LogP contribution in [0, 0.1) is 0 Å². The van der Waals surface area contributed by atoms with E-state index >= 15 is 0 Å². The molecule has 100 valence electrons. The lowest BCUT2D eigenvalue weighted by atomic mass is 9.72. The first-order chi connectivity index (χ1) is 8.80. The summed E-state index contributed by atoms with van der Waals surface area (Å²) >= 11 is 0. The van der Waals surface area contributed by atoms with Gasteiger partial charge in [0.05, 0.1) is 0 Å². The lowest BCUT2D eigenvalue weighted by molar-refractivity contribution is 0.186. The van der Waals surface area contributed by atoms with Crippen molar-refractivity contribution in [1.29, 1.82) is 0 Å². The molecule has 18 heavy (non-hydrogen) atoms. The highest BCUT2D eigenvalue weighted by Crippen LogP contribution is 2.34. The van der Waals surface area contributed by atoms with E-state index in [0.717, 1.165) is 26.2 Å². The predicted octanol–water partition coefficient (Wildman–Crippen LogP) is 2.65. The van der Waals surface area contributed by atoms with Crippen LogP contribution < -0.4 is 5.32 Å². The van der Waals surface area contributed by atoms with E-state index in [0.29, 0.717) is 5.41 Å². The summed E-state index contributed by atoms with van der Waals surface area (Å²) in [5, 5.41) is 3.50. The zero-order valence-electron chi connectivity index (χ0n) is 11.8. The third-order valence-corrected chi connectivity index (χ3v) is 4.37. The maximum atomic E-state index is 3.50. The van der Waals surface area contributed by atoms with Crippen molar-refractivity contribution in [3.63, 3.8) is 0 Å². The van der Waals surface area contributed by atoms with E-state index in [1.54, 1.807) is 0 Å². The van der Waals surface area contributed by atoms with E-state index < -0.39 is 0 Å². The fourth-order valence-electron chi connectivity index (χ4n) is 3.11. The minimum atomic E-state index is 0.360. The van der Waals surface area contributed by atoms with Gasteiger partial charge in [0.1, 0.15) is 0 Å². The number of rotatable bonds is 5. The molecule has 0 saturated carbocycles. The van der Waals surface area contributed by atoms with Crippen LogP contribution in [0.25, 0.3) is 0 Å². The molecule has 1 N–H and O–H groups in total. The maximum Gasteiger partial charge on any atom is 0.0104 e. The van der Waals surface area contributed by atoms with Gasteiger partial charge in [-0.25, -0.2) is 0 Å². The molecule has 1 saturated heterocycles. The van der Waals surface area contributed by atoms with Crippen molar-refractivity contribution in [2.24, 2.45) is 0 Å². The third-order valence-electron chi connectivity index (χ3n) is 4.37. The van der Waals surface area contributed by atoms with Crippen LogP contribution in [0.3, 0.4) is 0 Å². The number of likely N-dealkylation sites (N-methyl/N-ethyl adjacent to an activating group) is 1. The van der Waals surface area contributed by atoms with Gasteiger partial charge in [-0.15, -0.1) is 0 Å². The summed E-state index contributed by atoms with van der Waals surface area (Å²) in [4.78, 5) is 2.57. The van der Waals surface area contributed by atoms with E-state index in [1.165, 1.54) is 24.9 Å². The topological polar surface area (TPSA) is 15.3 Å². The van der Waals surface area contributed by atoms with Gasteiger partial charge < -0.3 is 10.2 Å². The fraction of sp³-hybridized carbons (Fsp3) is 0.625. The zero-order valence-corrected chi connectivity index (χ0v) is 11.8. The number of benzene rings is 1. The van der Waals surface area contributed by atoms with Crippen molar-refractivity contribution in [3.05, 3.63) is 35.9 Å². The number of hydrogen-bond acceptors (Lipinski definition) is 2. The molecule has 1 aromatic rings. The Bertz CT molecular complexity index is 337. The van der Waals surface area contributed by atoms with E-state index in [-0.39, 0.29) is 0 Å². The maximum absolute atomic E-state index is 3.50. The molecule has 0 bridgehead atoms. The van der Waals surface area contributed by atoms with Crippen molar-refractivity contribution < 1.29 is 0 Å². The van der Waals surface area contributed by atoms with Gasteiger partial charge in [-0.3, -0.25) is 0 Å². The summed E-state index contributed by atoms with van der Waals surface area (Å²) < 4.78 is 0. The van der Waals surface area contributed by atoms with Gasteiger partial charge in [-0.2, -0.15) is 0 Å².